The highest BCUT2D eigenvalue weighted by Crippen LogP contribution is 2.46. The lowest BCUT2D eigenvalue weighted by atomic mass is 10.0. The smallest absolute Gasteiger partial charge is 0.261 e. The Morgan fingerprint density at radius 3 is 2.49 bits per heavy atom. The minimum atomic E-state index is -3.97. The predicted octanol–water partition coefficient (Wildman–Crippen LogP) is 7.78. The summed E-state index contributed by atoms with van der Waals surface area (Å²) in [5.41, 5.74) is 4.85. The number of thiophene rings is 1. The molecule has 0 fully saturated rings. The van der Waals surface area contributed by atoms with Crippen LogP contribution in [0.5, 0.6) is 0 Å². The number of para-hydroxylation sites is 1. The number of carbonyl (C=O) groups is 1. The third kappa shape index (κ3) is 6.25. The van der Waals surface area contributed by atoms with Gasteiger partial charge in [-0.3, -0.25) is 14.4 Å². The van der Waals surface area contributed by atoms with Crippen molar-refractivity contribution in [2.24, 2.45) is 0 Å². The van der Waals surface area contributed by atoms with Crippen molar-refractivity contribution in [3.05, 3.63) is 131 Å². The Morgan fingerprint density at radius 1 is 0.911 bits per heavy atom. The van der Waals surface area contributed by atoms with Crippen LogP contribution in [0.3, 0.4) is 0 Å². The number of amides is 1. The van der Waals surface area contributed by atoms with Gasteiger partial charge in [0, 0.05) is 41.3 Å². The number of nitrogens with zero attached hydrogens (tertiary/aromatic N) is 2. The van der Waals surface area contributed by atoms with E-state index in [1.807, 2.05) is 30.3 Å². The number of hydrogen-bond donors (Lipinski definition) is 2. The number of nitrogens with one attached hydrogen (secondary N) is 2. The van der Waals surface area contributed by atoms with Crippen molar-refractivity contribution in [3.8, 4) is 10.6 Å². The van der Waals surface area contributed by atoms with Crippen LogP contribution >= 0.6 is 22.7 Å². The molecule has 11 heteroatoms. The second-order valence-corrected chi connectivity index (χ2v) is 14.6. The number of fused-ring (bicyclic) bond motifs is 2. The Bertz CT molecular complexity index is 2090. The SMILES string of the molecule is O=C(Nc1sc2c(c1-c1nc3ccccc3s1)CCN(Cc1ccccc1)C2)c1cccc(NS(=O)(=O)c2ccc(F)cc2)c1. The highest BCUT2D eigenvalue weighted by molar-refractivity contribution is 7.92. The van der Waals surface area contributed by atoms with Crippen molar-refractivity contribution in [2.75, 3.05) is 16.6 Å². The molecule has 0 unspecified atom stereocenters. The highest BCUT2D eigenvalue weighted by Gasteiger charge is 2.28. The summed E-state index contributed by atoms with van der Waals surface area (Å²) in [6.07, 6.45) is 0.834. The van der Waals surface area contributed by atoms with Gasteiger partial charge >= 0.3 is 0 Å². The monoisotopic (exact) mass is 654 g/mol. The van der Waals surface area contributed by atoms with Crippen LogP contribution in [0.1, 0.15) is 26.4 Å². The molecule has 1 aliphatic heterocycles. The maximum atomic E-state index is 13.7. The van der Waals surface area contributed by atoms with E-state index in [1.54, 1.807) is 40.9 Å². The molecule has 7 nitrogen and oxygen atoms in total. The molecule has 0 bridgehead atoms. The molecule has 0 aliphatic carbocycles. The van der Waals surface area contributed by atoms with Gasteiger partial charge in [-0.1, -0.05) is 48.5 Å². The molecule has 226 valence electrons. The quantitative estimate of drug-likeness (QED) is 0.175. The summed E-state index contributed by atoms with van der Waals surface area (Å²) in [4.78, 5) is 22.1. The van der Waals surface area contributed by atoms with Crippen LogP contribution in [0.15, 0.2) is 108 Å². The van der Waals surface area contributed by atoms with Crippen LogP contribution in [0.4, 0.5) is 15.1 Å². The first kappa shape index (κ1) is 29.3. The summed E-state index contributed by atoms with van der Waals surface area (Å²) < 4.78 is 42.6. The maximum absolute atomic E-state index is 13.7. The Labute approximate surface area is 268 Å². The summed E-state index contributed by atoms with van der Waals surface area (Å²) in [7, 11) is -3.97. The van der Waals surface area contributed by atoms with Crippen molar-refractivity contribution in [2.45, 2.75) is 24.4 Å². The molecule has 0 atom stereocenters. The van der Waals surface area contributed by atoms with E-state index in [1.165, 1.54) is 34.2 Å². The van der Waals surface area contributed by atoms with E-state index < -0.39 is 15.8 Å². The molecule has 45 heavy (non-hydrogen) atoms. The van der Waals surface area contributed by atoms with Crippen LogP contribution in [-0.2, 0) is 29.5 Å². The maximum Gasteiger partial charge on any atom is 0.261 e. The zero-order chi connectivity index (χ0) is 31.0. The van der Waals surface area contributed by atoms with E-state index in [-0.39, 0.29) is 16.5 Å². The minimum Gasteiger partial charge on any atom is -0.313 e. The Balaban J connectivity index is 1.18. The number of rotatable bonds is 8. The first-order valence-corrected chi connectivity index (χ1v) is 17.4. The molecule has 7 rings (SSSR count). The van der Waals surface area contributed by atoms with Crippen molar-refractivity contribution in [3.63, 3.8) is 0 Å². The molecule has 3 heterocycles. The number of hydrogen-bond acceptors (Lipinski definition) is 7. The molecule has 0 saturated heterocycles. The first-order valence-electron chi connectivity index (χ1n) is 14.3. The normalized spacial score (nSPS) is 13.4. The number of benzene rings is 4. The average Bonchev–Trinajstić information content (AvgIpc) is 3.62. The molecule has 2 N–H and O–H groups in total. The summed E-state index contributed by atoms with van der Waals surface area (Å²) in [6.45, 7) is 2.50. The average molecular weight is 655 g/mol. The van der Waals surface area contributed by atoms with Gasteiger partial charge < -0.3 is 5.32 Å². The van der Waals surface area contributed by atoms with Gasteiger partial charge in [0.25, 0.3) is 15.9 Å². The fourth-order valence-corrected chi connectivity index (χ4v) is 8.90. The summed E-state index contributed by atoms with van der Waals surface area (Å²) in [6, 6.07) is 29.3. The second-order valence-electron chi connectivity index (χ2n) is 10.7. The molecule has 1 aliphatic rings. The number of thiazole rings is 1. The van der Waals surface area contributed by atoms with Gasteiger partial charge in [0.2, 0.25) is 0 Å². The van der Waals surface area contributed by atoms with Gasteiger partial charge in [-0.15, -0.1) is 22.7 Å². The minimum absolute atomic E-state index is 0.0790. The van der Waals surface area contributed by atoms with Crippen molar-refractivity contribution >= 4 is 59.5 Å². The van der Waals surface area contributed by atoms with Crippen LogP contribution in [-0.4, -0.2) is 30.8 Å². The lowest BCUT2D eigenvalue weighted by Gasteiger charge is -2.27. The number of carbonyl (C=O) groups excluding carboxylic acids is 1. The number of sulfonamides is 1. The van der Waals surface area contributed by atoms with Crippen molar-refractivity contribution in [1.29, 1.82) is 0 Å². The summed E-state index contributed by atoms with van der Waals surface area (Å²) in [5.74, 6) is -0.892. The highest BCUT2D eigenvalue weighted by atomic mass is 32.2. The fourth-order valence-electron chi connectivity index (χ4n) is 5.45. The molecular formula is C34H27FN4O3S3. The van der Waals surface area contributed by atoms with E-state index in [0.29, 0.717) is 5.56 Å². The van der Waals surface area contributed by atoms with Crippen LogP contribution in [0.25, 0.3) is 20.8 Å². The zero-order valence-electron chi connectivity index (χ0n) is 23.9. The van der Waals surface area contributed by atoms with Gasteiger partial charge in [0.1, 0.15) is 15.8 Å². The second kappa shape index (κ2) is 12.2. The van der Waals surface area contributed by atoms with Crippen molar-refractivity contribution < 1.29 is 17.6 Å². The molecule has 0 spiro atoms. The molecular weight excluding hydrogens is 628 g/mol. The summed E-state index contributed by atoms with van der Waals surface area (Å²) >= 11 is 3.17. The summed E-state index contributed by atoms with van der Waals surface area (Å²) in [5, 5.41) is 4.72. The molecule has 0 saturated carbocycles. The van der Waals surface area contributed by atoms with Gasteiger partial charge in [-0.25, -0.2) is 17.8 Å². The number of aromatic nitrogens is 1. The molecule has 1 amide bonds. The van der Waals surface area contributed by atoms with E-state index in [4.69, 9.17) is 4.98 Å². The lowest BCUT2D eigenvalue weighted by molar-refractivity contribution is 0.102. The first-order chi connectivity index (χ1) is 21.8. The van der Waals surface area contributed by atoms with Crippen LogP contribution in [0.2, 0.25) is 0 Å². The largest absolute Gasteiger partial charge is 0.313 e. The Kier molecular flexibility index (Phi) is 7.92. The van der Waals surface area contributed by atoms with E-state index in [0.717, 1.165) is 64.0 Å². The van der Waals surface area contributed by atoms with E-state index in [9.17, 15) is 17.6 Å². The molecule has 2 aromatic heterocycles. The van der Waals surface area contributed by atoms with Gasteiger partial charge in [-0.2, -0.15) is 0 Å². The topological polar surface area (TPSA) is 91.4 Å². The van der Waals surface area contributed by atoms with Gasteiger partial charge in [0.05, 0.1) is 15.1 Å². The van der Waals surface area contributed by atoms with Gasteiger partial charge in [-0.05, 0) is 72.1 Å². The van der Waals surface area contributed by atoms with E-state index in [2.05, 4.69) is 39.2 Å². The number of anilines is 2. The Hall–Kier alpha value is -4.42. The van der Waals surface area contributed by atoms with Crippen LogP contribution in [0, 0.1) is 5.82 Å². The number of halogens is 1. The third-order valence-electron chi connectivity index (χ3n) is 7.62. The lowest BCUT2D eigenvalue weighted by Crippen LogP contribution is -2.29. The zero-order valence-corrected chi connectivity index (χ0v) is 26.3. The molecule has 4 aromatic carbocycles. The fraction of sp³-hybridized carbons (Fsp3) is 0.118. The Morgan fingerprint density at radius 2 is 1.69 bits per heavy atom. The van der Waals surface area contributed by atoms with Gasteiger partial charge in [0.15, 0.2) is 0 Å². The molecule has 0 radical (unpaired) electrons. The standard InChI is InChI=1S/C34H27FN4O3S3/c35-24-13-15-26(16-14-24)45(41,42)38-25-10-6-9-23(19-25)32(40)37-34-31(33-36-28-11-4-5-12-29(28)43-33)27-17-18-39(21-30(27)44-34)20-22-7-2-1-3-8-22/h1-16,19,38H,17-18,20-21H2,(H,37,40). The predicted molar refractivity (Wildman–Crippen MR) is 179 cm³/mol. The third-order valence-corrected chi connectivity index (χ3v) is 11.2. The van der Waals surface area contributed by atoms with Crippen molar-refractivity contribution in [1.82, 2.24) is 9.88 Å². The van der Waals surface area contributed by atoms with E-state index >= 15 is 0 Å². The van der Waals surface area contributed by atoms with Crippen LogP contribution < -0.4 is 10.0 Å². The molecule has 6 aromatic rings.